The molecule has 1 atom stereocenters. The van der Waals surface area contributed by atoms with Crippen molar-refractivity contribution in [3.8, 4) is 0 Å². The Morgan fingerprint density at radius 3 is 2.29 bits per heavy atom. The minimum Gasteiger partial charge on any atom is -0.466 e. The van der Waals surface area contributed by atoms with Crippen molar-refractivity contribution in [3.63, 3.8) is 0 Å². The van der Waals surface area contributed by atoms with Crippen LogP contribution in [-0.2, 0) is 19.1 Å². The van der Waals surface area contributed by atoms with Crippen LogP contribution in [0.5, 0.6) is 0 Å². The first kappa shape index (κ1) is 16.4. The molecule has 0 saturated heterocycles. The number of unbranched alkanes of at least 4 members (excludes halogenated alkanes) is 1. The van der Waals surface area contributed by atoms with Crippen molar-refractivity contribution >= 4 is 27.9 Å². The molecule has 5 heteroatoms. The molecule has 0 fully saturated rings. The van der Waals surface area contributed by atoms with E-state index < -0.39 is 0 Å². The third kappa shape index (κ3) is 8.18. The number of ether oxygens (including phenoxy) is 2. The molecule has 0 aliphatic rings. The fourth-order valence-corrected chi connectivity index (χ4v) is 2.00. The Kier molecular flexibility index (Phi) is 10.2. The summed E-state index contributed by atoms with van der Waals surface area (Å²) >= 11 is 3.30. The topological polar surface area (TPSA) is 52.6 Å². The fraction of sp³-hybridized carbons (Fsp3) is 0.833. The second-order valence-corrected chi connectivity index (χ2v) is 4.30. The third-order valence-electron chi connectivity index (χ3n) is 2.30. The van der Waals surface area contributed by atoms with Gasteiger partial charge in [0.15, 0.2) is 0 Å². The van der Waals surface area contributed by atoms with E-state index in [9.17, 15) is 9.59 Å². The Labute approximate surface area is 111 Å². The first-order valence-electron chi connectivity index (χ1n) is 6.03. The average molecular weight is 309 g/mol. The largest absolute Gasteiger partial charge is 0.466 e. The Morgan fingerprint density at radius 2 is 1.76 bits per heavy atom. The van der Waals surface area contributed by atoms with Crippen molar-refractivity contribution in [1.82, 2.24) is 0 Å². The van der Waals surface area contributed by atoms with Crippen molar-refractivity contribution in [2.75, 3.05) is 18.5 Å². The normalized spacial score (nSPS) is 11.9. The molecule has 0 spiro atoms. The van der Waals surface area contributed by atoms with Gasteiger partial charge in [-0.2, -0.15) is 0 Å². The molecule has 0 aliphatic carbocycles. The first-order chi connectivity index (χ1) is 8.15. The molecule has 100 valence electrons. The smallest absolute Gasteiger partial charge is 0.309 e. The standard InChI is InChI=1S/C12H21BrO4/c1-3-16-11(14)8-6-5-7-10(9-13)12(15)17-4-2/h10H,3-9H2,1-2H3. The first-order valence-corrected chi connectivity index (χ1v) is 7.16. The van der Waals surface area contributed by atoms with E-state index >= 15 is 0 Å². The predicted molar refractivity (Wildman–Crippen MR) is 69.0 cm³/mol. The molecule has 0 radical (unpaired) electrons. The molecule has 1 unspecified atom stereocenters. The molecule has 0 rings (SSSR count). The van der Waals surface area contributed by atoms with Crippen molar-refractivity contribution in [2.24, 2.45) is 5.92 Å². The molecule has 0 N–H and O–H groups in total. The summed E-state index contributed by atoms with van der Waals surface area (Å²) in [5, 5.41) is 0.602. The van der Waals surface area contributed by atoms with Gasteiger partial charge in [0.1, 0.15) is 0 Å². The number of esters is 2. The van der Waals surface area contributed by atoms with Crippen molar-refractivity contribution in [2.45, 2.75) is 39.5 Å². The molecule has 0 heterocycles. The van der Waals surface area contributed by atoms with Gasteiger partial charge in [0, 0.05) is 11.8 Å². The molecule has 4 nitrogen and oxygen atoms in total. The van der Waals surface area contributed by atoms with E-state index in [1.54, 1.807) is 13.8 Å². The van der Waals surface area contributed by atoms with E-state index in [0.29, 0.717) is 25.0 Å². The maximum Gasteiger partial charge on any atom is 0.309 e. The van der Waals surface area contributed by atoms with Crippen LogP contribution in [0, 0.1) is 5.92 Å². The van der Waals surface area contributed by atoms with Crippen LogP contribution in [0.25, 0.3) is 0 Å². The van der Waals surface area contributed by atoms with E-state index in [1.807, 2.05) is 0 Å². The number of carbonyl (C=O) groups is 2. The van der Waals surface area contributed by atoms with Gasteiger partial charge in [-0.1, -0.05) is 22.4 Å². The highest BCUT2D eigenvalue weighted by atomic mass is 79.9. The number of halogens is 1. The van der Waals surface area contributed by atoms with E-state index in [1.165, 1.54) is 0 Å². The summed E-state index contributed by atoms with van der Waals surface area (Å²) < 4.78 is 9.77. The second-order valence-electron chi connectivity index (χ2n) is 3.65. The van der Waals surface area contributed by atoms with Gasteiger partial charge in [-0.3, -0.25) is 9.59 Å². The maximum absolute atomic E-state index is 11.5. The number of hydrogen-bond donors (Lipinski definition) is 0. The minimum absolute atomic E-state index is 0.114. The molecule has 17 heavy (non-hydrogen) atoms. The van der Waals surface area contributed by atoms with Crippen LogP contribution < -0.4 is 0 Å². The third-order valence-corrected chi connectivity index (χ3v) is 3.08. The average Bonchev–Trinajstić information content (AvgIpc) is 2.29. The van der Waals surface area contributed by atoms with Gasteiger partial charge in [-0.05, 0) is 26.7 Å². The zero-order valence-corrected chi connectivity index (χ0v) is 12.1. The zero-order valence-electron chi connectivity index (χ0n) is 10.5. The van der Waals surface area contributed by atoms with Gasteiger partial charge in [0.05, 0.1) is 19.1 Å². The van der Waals surface area contributed by atoms with Crippen LogP contribution in [0.2, 0.25) is 0 Å². The van der Waals surface area contributed by atoms with Crippen LogP contribution >= 0.6 is 15.9 Å². The SMILES string of the molecule is CCOC(=O)CCCCC(CBr)C(=O)OCC. The molecular weight excluding hydrogens is 288 g/mol. The lowest BCUT2D eigenvalue weighted by Gasteiger charge is -2.12. The summed E-state index contributed by atoms with van der Waals surface area (Å²) in [4.78, 5) is 22.5. The van der Waals surface area contributed by atoms with Crippen LogP contribution in [0.4, 0.5) is 0 Å². The Hall–Kier alpha value is -0.580. The monoisotopic (exact) mass is 308 g/mol. The Balaban J connectivity index is 3.70. The van der Waals surface area contributed by atoms with Gasteiger partial charge < -0.3 is 9.47 Å². The predicted octanol–water partition coefficient (Wildman–Crippen LogP) is 2.68. The quantitative estimate of drug-likeness (QED) is 0.373. The minimum atomic E-state index is -0.168. The van der Waals surface area contributed by atoms with Crippen molar-refractivity contribution in [3.05, 3.63) is 0 Å². The maximum atomic E-state index is 11.5. The number of carbonyl (C=O) groups excluding carboxylic acids is 2. The van der Waals surface area contributed by atoms with Crippen LogP contribution in [0.15, 0.2) is 0 Å². The van der Waals surface area contributed by atoms with Gasteiger partial charge >= 0.3 is 11.9 Å². The fourth-order valence-electron chi connectivity index (χ4n) is 1.41. The van der Waals surface area contributed by atoms with E-state index in [-0.39, 0.29) is 17.9 Å². The Bertz CT molecular complexity index is 231. The summed E-state index contributed by atoms with van der Waals surface area (Å²) in [6.07, 6.45) is 2.74. The Morgan fingerprint density at radius 1 is 1.12 bits per heavy atom. The summed E-state index contributed by atoms with van der Waals surface area (Å²) in [6, 6.07) is 0. The molecule has 0 amide bonds. The molecule has 0 aromatic rings. The van der Waals surface area contributed by atoms with Gasteiger partial charge in [0.25, 0.3) is 0 Å². The molecule has 0 saturated carbocycles. The number of alkyl halides is 1. The second kappa shape index (κ2) is 10.6. The lowest BCUT2D eigenvalue weighted by molar-refractivity contribution is -0.147. The molecular formula is C12H21BrO4. The molecule has 0 aliphatic heterocycles. The van der Waals surface area contributed by atoms with Gasteiger partial charge in [-0.25, -0.2) is 0 Å². The van der Waals surface area contributed by atoms with E-state index in [4.69, 9.17) is 9.47 Å². The lowest BCUT2D eigenvalue weighted by Crippen LogP contribution is -2.19. The van der Waals surface area contributed by atoms with Gasteiger partial charge in [-0.15, -0.1) is 0 Å². The van der Waals surface area contributed by atoms with E-state index in [0.717, 1.165) is 19.3 Å². The van der Waals surface area contributed by atoms with E-state index in [2.05, 4.69) is 15.9 Å². The highest BCUT2D eigenvalue weighted by Crippen LogP contribution is 2.14. The van der Waals surface area contributed by atoms with Crippen LogP contribution in [0.1, 0.15) is 39.5 Å². The molecule has 0 bridgehead atoms. The lowest BCUT2D eigenvalue weighted by atomic mass is 10.0. The summed E-state index contributed by atoms with van der Waals surface area (Å²) in [5.41, 5.74) is 0. The molecule has 0 aromatic carbocycles. The molecule has 0 aromatic heterocycles. The summed E-state index contributed by atoms with van der Waals surface area (Å²) in [7, 11) is 0. The highest BCUT2D eigenvalue weighted by molar-refractivity contribution is 9.09. The zero-order chi connectivity index (χ0) is 13.1. The van der Waals surface area contributed by atoms with Crippen molar-refractivity contribution in [1.29, 1.82) is 0 Å². The highest BCUT2D eigenvalue weighted by Gasteiger charge is 2.17. The van der Waals surface area contributed by atoms with Crippen LogP contribution in [0.3, 0.4) is 0 Å². The number of rotatable bonds is 9. The summed E-state index contributed by atoms with van der Waals surface area (Å²) in [6.45, 7) is 4.42. The summed E-state index contributed by atoms with van der Waals surface area (Å²) in [5.74, 6) is -0.448. The number of hydrogen-bond acceptors (Lipinski definition) is 4. The van der Waals surface area contributed by atoms with Gasteiger partial charge in [0.2, 0.25) is 0 Å². The van der Waals surface area contributed by atoms with Crippen molar-refractivity contribution < 1.29 is 19.1 Å². The van der Waals surface area contributed by atoms with Crippen LogP contribution in [-0.4, -0.2) is 30.5 Å².